The zero-order valence-corrected chi connectivity index (χ0v) is 10.0. The Bertz CT molecular complexity index is 473. The van der Waals surface area contributed by atoms with Crippen molar-refractivity contribution in [3.8, 4) is 5.75 Å². The summed E-state index contributed by atoms with van der Waals surface area (Å²) in [6, 6.07) is 3.37. The van der Waals surface area contributed by atoms with Crippen LogP contribution in [0.15, 0.2) is 18.2 Å². The molecule has 0 fully saturated rings. The first-order valence-electron chi connectivity index (χ1n) is 5.24. The number of aromatic hydroxyl groups is 1. The molecule has 0 aliphatic heterocycles. The van der Waals surface area contributed by atoms with E-state index in [2.05, 4.69) is 0 Å². The van der Waals surface area contributed by atoms with Gasteiger partial charge in [0.05, 0.1) is 11.0 Å². The lowest BCUT2D eigenvalue weighted by molar-refractivity contribution is -0.385. The van der Waals surface area contributed by atoms with Crippen molar-refractivity contribution in [3.05, 3.63) is 33.9 Å². The molecule has 18 heavy (non-hydrogen) atoms. The van der Waals surface area contributed by atoms with E-state index >= 15 is 0 Å². The fourth-order valence-corrected chi connectivity index (χ4v) is 1.51. The third-order valence-electron chi connectivity index (χ3n) is 2.30. The third-order valence-corrected chi connectivity index (χ3v) is 2.30. The highest BCUT2D eigenvalue weighted by Crippen LogP contribution is 2.26. The van der Waals surface area contributed by atoms with Gasteiger partial charge in [0.1, 0.15) is 0 Å². The van der Waals surface area contributed by atoms with Crippen LogP contribution in [0.25, 0.3) is 0 Å². The van der Waals surface area contributed by atoms with Gasteiger partial charge in [0.2, 0.25) is 0 Å². The Kier molecular flexibility index (Phi) is 4.22. The highest BCUT2D eigenvalue weighted by atomic mass is 16.6. The molecule has 0 aliphatic carbocycles. The molecule has 0 radical (unpaired) electrons. The molecule has 2 N–H and O–H groups in total. The average molecular weight is 254 g/mol. The lowest BCUT2D eigenvalue weighted by Gasteiger charge is -2.18. The van der Waals surface area contributed by atoms with Crippen LogP contribution in [0.3, 0.4) is 0 Å². The number of likely N-dealkylation sites (N-methyl/N-ethyl adjacent to an activating group) is 1. The molecule has 7 nitrogen and oxygen atoms in total. The molecule has 0 bridgehead atoms. The molecule has 7 heteroatoms. The number of phenolic OH excluding ortho intramolecular Hbond substituents is 1. The molecule has 1 aromatic rings. The number of carbonyl (C=O) groups excluding carboxylic acids is 1. The number of hydrogen-bond donors (Lipinski definition) is 2. The summed E-state index contributed by atoms with van der Waals surface area (Å²) >= 11 is 0. The molecule has 1 unspecified atom stereocenters. The third kappa shape index (κ3) is 3.17. The molecule has 0 heterocycles. The van der Waals surface area contributed by atoms with Crippen molar-refractivity contribution in [2.75, 3.05) is 13.6 Å². The molecule has 0 aromatic heterocycles. The molecule has 0 saturated heterocycles. The Balaban J connectivity index is 2.94. The normalized spacial score (nSPS) is 11.9. The number of benzene rings is 1. The molecule has 0 aliphatic rings. The number of nitro benzene ring substituents is 1. The van der Waals surface area contributed by atoms with E-state index in [0.29, 0.717) is 0 Å². The van der Waals surface area contributed by atoms with E-state index in [0.717, 1.165) is 12.1 Å². The Labute approximate surface area is 103 Å². The second kappa shape index (κ2) is 5.46. The van der Waals surface area contributed by atoms with Crippen LogP contribution in [-0.2, 0) is 0 Å². The lowest BCUT2D eigenvalue weighted by Crippen LogP contribution is -2.33. The molecule has 0 spiro atoms. The van der Waals surface area contributed by atoms with Gasteiger partial charge in [-0.1, -0.05) is 0 Å². The first-order valence-corrected chi connectivity index (χ1v) is 5.24. The first kappa shape index (κ1) is 13.9. The minimum absolute atomic E-state index is 0.126. The van der Waals surface area contributed by atoms with Crippen LogP contribution in [0.1, 0.15) is 17.3 Å². The maximum Gasteiger partial charge on any atom is 0.310 e. The maximum absolute atomic E-state index is 11.8. The van der Waals surface area contributed by atoms with Crippen LogP contribution in [0.4, 0.5) is 5.69 Å². The number of nitrogens with zero attached hydrogens (tertiary/aromatic N) is 2. The second-order valence-electron chi connectivity index (χ2n) is 4.00. The van der Waals surface area contributed by atoms with E-state index in [-0.39, 0.29) is 12.1 Å². The number of carbonyl (C=O) groups is 1. The number of aliphatic hydroxyl groups is 1. The van der Waals surface area contributed by atoms with Crippen molar-refractivity contribution >= 4 is 11.6 Å². The lowest BCUT2D eigenvalue weighted by atomic mass is 10.1. The molecule has 1 aromatic carbocycles. The number of nitro groups is 1. The number of amides is 1. The minimum atomic E-state index is -0.733. The number of hydrogen-bond acceptors (Lipinski definition) is 5. The van der Waals surface area contributed by atoms with Gasteiger partial charge in [0, 0.05) is 25.2 Å². The van der Waals surface area contributed by atoms with E-state index in [1.807, 2.05) is 0 Å². The maximum atomic E-state index is 11.8. The molecular formula is C11H14N2O5. The molecule has 1 atom stereocenters. The molecule has 98 valence electrons. The summed E-state index contributed by atoms with van der Waals surface area (Å²) in [7, 11) is 1.49. The first-order chi connectivity index (χ1) is 8.32. The van der Waals surface area contributed by atoms with Crippen molar-refractivity contribution in [2.24, 2.45) is 0 Å². The van der Waals surface area contributed by atoms with Crippen molar-refractivity contribution in [2.45, 2.75) is 13.0 Å². The fraction of sp³-hybridized carbons (Fsp3) is 0.364. The highest BCUT2D eigenvalue weighted by molar-refractivity contribution is 5.94. The van der Waals surface area contributed by atoms with Gasteiger partial charge < -0.3 is 15.1 Å². The zero-order valence-electron chi connectivity index (χ0n) is 10.0. The van der Waals surface area contributed by atoms with Crippen LogP contribution in [0, 0.1) is 10.1 Å². The highest BCUT2D eigenvalue weighted by Gasteiger charge is 2.18. The quantitative estimate of drug-likeness (QED) is 0.609. The molecule has 1 rings (SSSR count). The summed E-state index contributed by atoms with van der Waals surface area (Å²) in [5.74, 6) is -0.989. The van der Waals surface area contributed by atoms with Gasteiger partial charge in [0.15, 0.2) is 5.75 Å². The van der Waals surface area contributed by atoms with Crippen molar-refractivity contribution in [3.63, 3.8) is 0 Å². The summed E-state index contributed by atoms with van der Waals surface area (Å²) in [6.07, 6.45) is -0.675. The monoisotopic (exact) mass is 254 g/mol. The topological polar surface area (TPSA) is 104 Å². The van der Waals surface area contributed by atoms with Gasteiger partial charge in [-0.2, -0.15) is 0 Å². The average Bonchev–Trinajstić information content (AvgIpc) is 2.26. The predicted octanol–water partition coefficient (Wildman–Crippen LogP) is 0.753. The molecule has 1 amide bonds. The second-order valence-corrected chi connectivity index (χ2v) is 4.00. The van der Waals surface area contributed by atoms with Gasteiger partial charge in [-0.25, -0.2) is 0 Å². The van der Waals surface area contributed by atoms with Crippen LogP contribution < -0.4 is 0 Å². The van der Waals surface area contributed by atoms with Crippen LogP contribution >= 0.6 is 0 Å². The standard InChI is InChI=1S/C11H14N2O5/c1-7(14)6-12(2)11(16)8-3-4-9(13(17)18)10(15)5-8/h3-5,7,14-15H,6H2,1-2H3. The number of rotatable bonds is 4. The number of phenols is 1. The van der Waals surface area contributed by atoms with Crippen LogP contribution in [0.5, 0.6) is 5.75 Å². The molecular weight excluding hydrogens is 240 g/mol. The van der Waals surface area contributed by atoms with E-state index in [9.17, 15) is 20.0 Å². The predicted molar refractivity (Wildman–Crippen MR) is 63.4 cm³/mol. The summed E-state index contributed by atoms with van der Waals surface area (Å²) in [5, 5.41) is 29.1. The summed E-state index contributed by atoms with van der Waals surface area (Å²) < 4.78 is 0. The van der Waals surface area contributed by atoms with Gasteiger partial charge in [0.25, 0.3) is 5.91 Å². The van der Waals surface area contributed by atoms with Gasteiger partial charge in [-0.15, -0.1) is 0 Å². The van der Waals surface area contributed by atoms with Crippen molar-refractivity contribution < 1.29 is 19.9 Å². The summed E-state index contributed by atoms with van der Waals surface area (Å²) in [5.41, 5.74) is -0.328. The van der Waals surface area contributed by atoms with Crippen molar-refractivity contribution in [1.29, 1.82) is 0 Å². The Morgan fingerprint density at radius 1 is 1.56 bits per heavy atom. The minimum Gasteiger partial charge on any atom is -0.502 e. The van der Waals surface area contributed by atoms with E-state index in [1.54, 1.807) is 0 Å². The van der Waals surface area contributed by atoms with Gasteiger partial charge >= 0.3 is 5.69 Å². The zero-order chi connectivity index (χ0) is 13.9. The van der Waals surface area contributed by atoms with E-state index in [4.69, 9.17) is 5.11 Å². The summed E-state index contributed by atoms with van der Waals surface area (Å²) in [4.78, 5) is 22.9. The number of aliphatic hydroxyl groups excluding tert-OH is 1. The molecule has 0 saturated carbocycles. The fourth-order valence-electron chi connectivity index (χ4n) is 1.51. The van der Waals surface area contributed by atoms with E-state index in [1.165, 1.54) is 24.9 Å². The van der Waals surface area contributed by atoms with Crippen LogP contribution in [-0.4, -0.2) is 45.6 Å². The SMILES string of the molecule is CC(O)CN(C)C(=O)c1ccc([N+](=O)[O-])c(O)c1. The Morgan fingerprint density at radius 3 is 2.61 bits per heavy atom. The van der Waals surface area contributed by atoms with Crippen molar-refractivity contribution in [1.82, 2.24) is 4.90 Å². The van der Waals surface area contributed by atoms with Gasteiger partial charge in [-0.3, -0.25) is 14.9 Å². The van der Waals surface area contributed by atoms with Gasteiger partial charge in [-0.05, 0) is 19.1 Å². The van der Waals surface area contributed by atoms with Crippen LogP contribution in [0.2, 0.25) is 0 Å². The largest absolute Gasteiger partial charge is 0.502 e. The smallest absolute Gasteiger partial charge is 0.310 e. The van der Waals surface area contributed by atoms with E-state index < -0.39 is 28.4 Å². The summed E-state index contributed by atoms with van der Waals surface area (Å²) in [6.45, 7) is 1.67. The Hall–Kier alpha value is -2.15. The Morgan fingerprint density at radius 2 is 2.17 bits per heavy atom.